The van der Waals surface area contributed by atoms with E-state index in [1.807, 2.05) is 0 Å². The van der Waals surface area contributed by atoms with Crippen LogP contribution in [-0.2, 0) is 0 Å². The van der Waals surface area contributed by atoms with Gasteiger partial charge in [-0.15, -0.1) is 0 Å². The first-order valence-electron chi connectivity index (χ1n) is 8.65. The quantitative estimate of drug-likeness (QED) is 0.663. The largest absolute Gasteiger partial charge is 0.387 e. The summed E-state index contributed by atoms with van der Waals surface area (Å²) in [5, 5.41) is 15.8. The molecule has 0 aromatic heterocycles. The average Bonchev–Trinajstić information content (AvgIpc) is 2.62. The number of benzene rings is 1. The van der Waals surface area contributed by atoms with Crippen molar-refractivity contribution < 1.29 is 4.39 Å². The van der Waals surface area contributed by atoms with Gasteiger partial charge in [-0.3, -0.25) is 0 Å². The second kappa shape index (κ2) is 6.69. The van der Waals surface area contributed by atoms with E-state index >= 15 is 0 Å². The van der Waals surface area contributed by atoms with E-state index in [0.29, 0.717) is 12.6 Å². The van der Waals surface area contributed by atoms with Crippen LogP contribution in [0.25, 0.3) is 17.8 Å². The van der Waals surface area contributed by atoms with Crippen molar-refractivity contribution in [2.45, 2.75) is 18.9 Å². The molecule has 4 nitrogen and oxygen atoms in total. The number of fused-ring (bicyclic) bond motifs is 1. The minimum atomic E-state index is -0.223. The van der Waals surface area contributed by atoms with Gasteiger partial charge in [-0.2, -0.15) is 0 Å². The van der Waals surface area contributed by atoms with Crippen molar-refractivity contribution in [3.05, 3.63) is 46.2 Å². The van der Waals surface area contributed by atoms with Crippen molar-refractivity contribution in [1.82, 2.24) is 16.0 Å². The van der Waals surface area contributed by atoms with Crippen LogP contribution in [0.15, 0.2) is 30.2 Å². The van der Waals surface area contributed by atoms with Crippen LogP contribution in [0.1, 0.15) is 18.4 Å². The number of halogens is 1. The molecule has 0 spiro atoms. The van der Waals surface area contributed by atoms with E-state index in [1.54, 1.807) is 6.08 Å². The Labute approximate surface area is 141 Å². The Hall–Kier alpha value is -2.27. The van der Waals surface area contributed by atoms with Gasteiger partial charge in [0.1, 0.15) is 5.83 Å². The number of nitrogens with one attached hydrogen (secondary N) is 4. The van der Waals surface area contributed by atoms with Crippen LogP contribution in [0, 0.1) is 0 Å². The van der Waals surface area contributed by atoms with Gasteiger partial charge >= 0.3 is 0 Å². The highest BCUT2D eigenvalue weighted by atomic mass is 19.1. The van der Waals surface area contributed by atoms with Crippen molar-refractivity contribution in [3.8, 4) is 0 Å². The highest BCUT2D eigenvalue weighted by molar-refractivity contribution is 5.74. The van der Waals surface area contributed by atoms with Gasteiger partial charge in [-0.25, -0.2) is 4.39 Å². The van der Waals surface area contributed by atoms with E-state index in [4.69, 9.17) is 0 Å². The first kappa shape index (κ1) is 15.3. The smallest absolute Gasteiger partial charge is 0.139 e. The van der Waals surface area contributed by atoms with Gasteiger partial charge in [0.05, 0.1) is 0 Å². The van der Waals surface area contributed by atoms with Crippen molar-refractivity contribution in [3.63, 3.8) is 0 Å². The highest BCUT2D eigenvalue weighted by Crippen LogP contribution is 2.20. The molecule has 0 aliphatic carbocycles. The molecule has 0 amide bonds. The van der Waals surface area contributed by atoms with Gasteiger partial charge in [0, 0.05) is 42.4 Å². The summed E-state index contributed by atoms with van der Waals surface area (Å²) < 4.78 is 13.6. The van der Waals surface area contributed by atoms with Crippen LogP contribution in [0.5, 0.6) is 0 Å². The maximum atomic E-state index is 13.6. The molecule has 0 atom stereocenters. The van der Waals surface area contributed by atoms with Crippen LogP contribution in [0.2, 0.25) is 0 Å². The Morgan fingerprint density at radius 2 is 1.96 bits per heavy atom. The highest BCUT2D eigenvalue weighted by Gasteiger charge is 2.15. The van der Waals surface area contributed by atoms with Crippen molar-refractivity contribution in [1.29, 1.82) is 0 Å². The van der Waals surface area contributed by atoms with Gasteiger partial charge in [-0.05, 0) is 60.5 Å². The third kappa shape index (κ3) is 3.17. The Morgan fingerprint density at radius 1 is 1.08 bits per heavy atom. The van der Waals surface area contributed by atoms with Gasteiger partial charge in [0.25, 0.3) is 0 Å². The number of hydrogen-bond donors (Lipinski definition) is 4. The number of rotatable bonds is 3. The summed E-state index contributed by atoms with van der Waals surface area (Å²) in [4.78, 5) is 0. The molecule has 24 heavy (non-hydrogen) atoms. The molecule has 4 N–H and O–H groups in total. The van der Waals surface area contributed by atoms with Gasteiger partial charge in [0.15, 0.2) is 0 Å². The predicted molar refractivity (Wildman–Crippen MR) is 97.3 cm³/mol. The monoisotopic (exact) mass is 326 g/mol. The first-order chi connectivity index (χ1) is 11.8. The fraction of sp³-hybridized carbons (Fsp3) is 0.368. The Kier molecular flexibility index (Phi) is 4.26. The van der Waals surface area contributed by atoms with E-state index in [9.17, 15) is 4.39 Å². The van der Waals surface area contributed by atoms with E-state index < -0.39 is 0 Å². The molecule has 0 bridgehead atoms. The minimum Gasteiger partial charge on any atom is -0.387 e. The zero-order chi connectivity index (χ0) is 16.4. The third-order valence-corrected chi connectivity index (χ3v) is 4.81. The van der Waals surface area contributed by atoms with Crippen LogP contribution in [0.3, 0.4) is 0 Å². The predicted octanol–water partition coefficient (Wildman–Crippen LogP) is 0.770. The lowest BCUT2D eigenvalue weighted by molar-refractivity contribution is 0.479. The Morgan fingerprint density at radius 3 is 2.79 bits per heavy atom. The van der Waals surface area contributed by atoms with Crippen molar-refractivity contribution in [2.75, 3.05) is 31.5 Å². The molecule has 3 aliphatic heterocycles. The van der Waals surface area contributed by atoms with Crippen LogP contribution in [-0.4, -0.2) is 32.2 Å². The summed E-state index contributed by atoms with van der Waals surface area (Å²) in [6.07, 6.45) is 9.55. The molecule has 0 unspecified atom stereocenters. The SMILES string of the molecule is FC1=CNCC(c2cc(NC3CCNCC3)c3c(c2)=CCNC=3)=C1. The summed E-state index contributed by atoms with van der Waals surface area (Å²) >= 11 is 0. The molecule has 4 rings (SSSR count). The van der Waals surface area contributed by atoms with Crippen molar-refractivity contribution in [2.24, 2.45) is 0 Å². The molecule has 3 aliphatic rings. The molecule has 0 radical (unpaired) electrons. The Balaban J connectivity index is 1.74. The normalized spacial score (nSPS) is 20.4. The number of dihydropyridines is 1. The molecule has 1 fully saturated rings. The molecular formula is C19H23FN4. The van der Waals surface area contributed by atoms with E-state index in [1.165, 1.54) is 16.6 Å². The van der Waals surface area contributed by atoms with Gasteiger partial charge in [0.2, 0.25) is 0 Å². The zero-order valence-electron chi connectivity index (χ0n) is 13.7. The molecule has 3 heterocycles. The summed E-state index contributed by atoms with van der Waals surface area (Å²) in [5.74, 6) is -0.223. The standard InChI is InChI=1S/C19H23FN4/c20-16-8-15(10-23-11-16)14-7-13-1-4-22-12-18(13)19(9-14)24-17-2-5-21-6-3-17/h1,7-9,11-12,17,21-24H,2-6,10H2. The van der Waals surface area contributed by atoms with E-state index in [0.717, 1.165) is 49.3 Å². The lowest BCUT2D eigenvalue weighted by atomic mass is 9.99. The fourth-order valence-corrected chi connectivity index (χ4v) is 3.53. The van der Waals surface area contributed by atoms with Crippen molar-refractivity contribution >= 4 is 23.5 Å². The van der Waals surface area contributed by atoms with Crippen LogP contribution in [0.4, 0.5) is 10.1 Å². The maximum Gasteiger partial charge on any atom is 0.139 e. The Bertz CT molecular complexity index is 803. The molecule has 0 saturated carbocycles. The lowest BCUT2D eigenvalue weighted by Crippen LogP contribution is -2.40. The molecule has 1 saturated heterocycles. The lowest BCUT2D eigenvalue weighted by Gasteiger charge is -2.26. The fourth-order valence-electron chi connectivity index (χ4n) is 3.53. The third-order valence-electron chi connectivity index (χ3n) is 4.81. The van der Waals surface area contributed by atoms with Crippen LogP contribution >= 0.6 is 0 Å². The summed E-state index contributed by atoms with van der Waals surface area (Å²) in [6.45, 7) is 3.59. The molecule has 1 aromatic rings. The summed E-state index contributed by atoms with van der Waals surface area (Å²) in [7, 11) is 0. The summed E-state index contributed by atoms with van der Waals surface area (Å²) in [6, 6.07) is 4.80. The second-order valence-electron chi connectivity index (χ2n) is 6.53. The number of allylic oxidation sites excluding steroid dienone is 2. The topological polar surface area (TPSA) is 48.1 Å². The number of hydrogen-bond acceptors (Lipinski definition) is 4. The second-order valence-corrected chi connectivity index (χ2v) is 6.53. The van der Waals surface area contributed by atoms with Crippen LogP contribution < -0.4 is 31.7 Å². The van der Waals surface area contributed by atoms with E-state index in [-0.39, 0.29) is 5.83 Å². The molecule has 1 aromatic carbocycles. The maximum absolute atomic E-state index is 13.6. The molecule has 126 valence electrons. The molecule has 5 heteroatoms. The van der Waals surface area contributed by atoms with Gasteiger partial charge in [-0.1, -0.05) is 6.08 Å². The minimum absolute atomic E-state index is 0.223. The van der Waals surface area contributed by atoms with Gasteiger partial charge < -0.3 is 21.3 Å². The zero-order valence-corrected chi connectivity index (χ0v) is 13.7. The number of anilines is 1. The first-order valence-corrected chi connectivity index (χ1v) is 8.65. The average molecular weight is 326 g/mol. The number of piperidine rings is 1. The van der Waals surface area contributed by atoms with E-state index in [2.05, 4.69) is 45.7 Å². The summed E-state index contributed by atoms with van der Waals surface area (Å²) in [5.41, 5.74) is 3.19. The molecular weight excluding hydrogens is 303 g/mol.